The summed E-state index contributed by atoms with van der Waals surface area (Å²) in [6.07, 6.45) is 0.627. The summed E-state index contributed by atoms with van der Waals surface area (Å²) in [5.74, 6) is 1.35. The van der Waals surface area contributed by atoms with Crippen molar-refractivity contribution in [3.8, 4) is 5.75 Å². The minimum atomic E-state index is -0.149. The van der Waals surface area contributed by atoms with Crippen molar-refractivity contribution in [1.82, 2.24) is 5.32 Å². The fourth-order valence-corrected chi connectivity index (χ4v) is 3.02. The molecule has 0 saturated heterocycles. The summed E-state index contributed by atoms with van der Waals surface area (Å²) in [6, 6.07) is 15.2. The van der Waals surface area contributed by atoms with Crippen LogP contribution in [-0.4, -0.2) is 19.1 Å². The van der Waals surface area contributed by atoms with Crippen molar-refractivity contribution >= 4 is 32.8 Å². The molecular weight excluding hydrogens is 370 g/mol. The predicted molar refractivity (Wildman–Crippen MR) is 97.5 cm³/mol. The van der Waals surface area contributed by atoms with E-state index in [9.17, 15) is 4.79 Å². The molecule has 0 aliphatic carbocycles. The van der Waals surface area contributed by atoms with Crippen molar-refractivity contribution in [3.63, 3.8) is 0 Å². The predicted octanol–water partition coefficient (Wildman–Crippen LogP) is 4.56. The number of para-hydroxylation sites is 1. The lowest BCUT2D eigenvalue weighted by Gasteiger charge is -2.14. The summed E-state index contributed by atoms with van der Waals surface area (Å²) in [5, 5.41) is 4.07. The molecule has 124 valence electrons. The van der Waals surface area contributed by atoms with Gasteiger partial charge in [0.2, 0.25) is 0 Å². The first-order chi connectivity index (χ1) is 11.6. The molecule has 0 bridgehead atoms. The number of carbonyl (C=O) groups excluding carboxylic acids is 1. The first-order valence-corrected chi connectivity index (χ1v) is 8.48. The minimum absolute atomic E-state index is 0.0591. The van der Waals surface area contributed by atoms with Gasteiger partial charge in [-0.25, -0.2) is 0 Å². The van der Waals surface area contributed by atoms with Crippen molar-refractivity contribution in [2.45, 2.75) is 19.4 Å². The summed E-state index contributed by atoms with van der Waals surface area (Å²) in [4.78, 5) is 12.5. The first kappa shape index (κ1) is 16.6. The van der Waals surface area contributed by atoms with Crippen LogP contribution >= 0.6 is 15.9 Å². The fraction of sp³-hybridized carbons (Fsp3) is 0.211. The summed E-state index contributed by atoms with van der Waals surface area (Å²) in [6.45, 7) is 1.96. The molecule has 0 aliphatic rings. The SMILES string of the molecule is COc1ccc(Br)c(C(=O)NC(C)Cc2cc3ccccc3o2)c1. The van der Waals surface area contributed by atoms with Crippen molar-refractivity contribution in [2.24, 2.45) is 0 Å². The van der Waals surface area contributed by atoms with Gasteiger partial charge < -0.3 is 14.5 Å². The molecule has 5 heteroatoms. The third-order valence-corrected chi connectivity index (χ3v) is 4.47. The lowest BCUT2D eigenvalue weighted by molar-refractivity contribution is 0.0938. The number of hydrogen-bond acceptors (Lipinski definition) is 3. The van der Waals surface area contributed by atoms with Gasteiger partial charge in [0.15, 0.2) is 0 Å². The molecule has 0 spiro atoms. The molecule has 0 radical (unpaired) electrons. The van der Waals surface area contributed by atoms with E-state index in [0.717, 1.165) is 21.2 Å². The van der Waals surface area contributed by atoms with Gasteiger partial charge in [0, 0.05) is 22.3 Å². The summed E-state index contributed by atoms with van der Waals surface area (Å²) in [5.41, 5.74) is 1.41. The zero-order valence-corrected chi connectivity index (χ0v) is 15.1. The number of amides is 1. The second-order valence-electron chi connectivity index (χ2n) is 5.67. The van der Waals surface area contributed by atoms with Crippen LogP contribution in [0.2, 0.25) is 0 Å². The molecule has 1 heterocycles. The zero-order chi connectivity index (χ0) is 17.1. The van der Waals surface area contributed by atoms with E-state index < -0.39 is 0 Å². The minimum Gasteiger partial charge on any atom is -0.497 e. The van der Waals surface area contributed by atoms with Gasteiger partial charge in [-0.2, -0.15) is 0 Å². The summed E-state index contributed by atoms with van der Waals surface area (Å²) < 4.78 is 11.7. The Labute approximate surface area is 148 Å². The largest absolute Gasteiger partial charge is 0.497 e. The van der Waals surface area contributed by atoms with E-state index in [4.69, 9.17) is 9.15 Å². The van der Waals surface area contributed by atoms with E-state index in [1.165, 1.54) is 0 Å². The average Bonchev–Trinajstić information content (AvgIpc) is 2.97. The zero-order valence-electron chi connectivity index (χ0n) is 13.5. The first-order valence-electron chi connectivity index (χ1n) is 7.68. The third kappa shape index (κ3) is 3.62. The highest BCUT2D eigenvalue weighted by Gasteiger charge is 2.15. The lowest BCUT2D eigenvalue weighted by Crippen LogP contribution is -2.34. The number of ether oxygens (including phenoxy) is 1. The van der Waals surface area contributed by atoms with Crippen LogP contribution in [-0.2, 0) is 6.42 Å². The lowest BCUT2D eigenvalue weighted by atomic mass is 10.1. The normalized spacial score (nSPS) is 12.1. The summed E-state index contributed by atoms with van der Waals surface area (Å²) >= 11 is 3.41. The van der Waals surface area contributed by atoms with E-state index in [1.54, 1.807) is 25.3 Å². The average molecular weight is 388 g/mol. The highest BCUT2D eigenvalue weighted by atomic mass is 79.9. The van der Waals surface area contributed by atoms with Gasteiger partial charge in [0.05, 0.1) is 12.7 Å². The molecule has 1 atom stereocenters. The Bertz CT molecular complexity index is 839. The molecule has 0 aliphatic heterocycles. The Morgan fingerprint density at radius 2 is 2.04 bits per heavy atom. The maximum absolute atomic E-state index is 12.5. The van der Waals surface area contributed by atoms with Crippen molar-refractivity contribution in [2.75, 3.05) is 7.11 Å². The van der Waals surface area contributed by atoms with Gasteiger partial charge in [0.1, 0.15) is 17.1 Å². The Balaban J connectivity index is 1.70. The van der Waals surface area contributed by atoms with Crippen LogP contribution in [0, 0.1) is 0 Å². The van der Waals surface area contributed by atoms with Crippen LogP contribution in [0.5, 0.6) is 5.75 Å². The second kappa shape index (κ2) is 7.09. The van der Waals surface area contributed by atoms with Crippen LogP contribution in [0.3, 0.4) is 0 Å². The van der Waals surface area contributed by atoms with Crippen LogP contribution < -0.4 is 10.1 Å². The van der Waals surface area contributed by atoms with Crippen LogP contribution in [0.4, 0.5) is 0 Å². The Hall–Kier alpha value is -2.27. The smallest absolute Gasteiger partial charge is 0.252 e. The monoisotopic (exact) mass is 387 g/mol. The number of furan rings is 1. The maximum Gasteiger partial charge on any atom is 0.252 e. The van der Waals surface area contributed by atoms with Gasteiger partial charge in [-0.1, -0.05) is 18.2 Å². The molecule has 4 nitrogen and oxygen atoms in total. The Morgan fingerprint density at radius 1 is 1.25 bits per heavy atom. The van der Waals surface area contributed by atoms with Gasteiger partial charge in [0.25, 0.3) is 5.91 Å². The van der Waals surface area contributed by atoms with Gasteiger partial charge in [-0.15, -0.1) is 0 Å². The molecule has 24 heavy (non-hydrogen) atoms. The number of rotatable bonds is 5. The molecule has 2 aromatic carbocycles. The van der Waals surface area contributed by atoms with Crippen molar-refractivity contribution in [1.29, 1.82) is 0 Å². The van der Waals surface area contributed by atoms with Gasteiger partial charge in [-0.05, 0) is 53.2 Å². The molecule has 0 saturated carbocycles. The van der Waals surface area contributed by atoms with E-state index in [-0.39, 0.29) is 11.9 Å². The van der Waals surface area contributed by atoms with Crippen LogP contribution in [0.25, 0.3) is 11.0 Å². The molecule has 1 aromatic heterocycles. The fourth-order valence-electron chi connectivity index (χ4n) is 2.60. The summed E-state index contributed by atoms with van der Waals surface area (Å²) in [7, 11) is 1.58. The molecule has 3 aromatic rings. The van der Waals surface area contributed by atoms with E-state index in [2.05, 4.69) is 21.2 Å². The molecular formula is C19H18BrNO3. The molecule has 1 unspecified atom stereocenters. The van der Waals surface area contributed by atoms with Gasteiger partial charge >= 0.3 is 0 Å². The highest BCUT2D eigenvalue weighted by molar-refractivity contribution is 9.10. The highest BCUT2D eigenvalue weighted by Crippen LogP contribution is 2.23. The second-order valence-corrected chi connectivity index (χ2v) is 6.53. The molecule has 0 fully saturated rings. The molecule has 1 N–H and O–H groups in total. The van der Waals surface area contributed by atoms with Gasteiger partial charge in [-0.3, -0.25) is 4.79 Å². The number of benzene rings is 2. The number of fused-ring (bicyclic) bond motifs is 1. The van der Waals surface area contributed by atoms with E-state index >= 15 is 0 Å². The number of hydrogen-bond donors (Lipinski definition) is 1. The number of nitrogens with one attached hydrogen (secondary N) is 1. The van der Waals surface area contributed by atoms with Crippen molar-refractivity contribution in [3.05, 3.63) is 64.3 Å². The van der Waals surface area contributed by atoms with Crippen molar-refractivity contribution < 1.29 is 13.9 Å². The van der Waals surface area contributed by atoms with E-state index in [1.807, 2.05) is 37.3 Å². The molecule has 1 amide bonds. The van der Waals surface area contributed by atoms with Crippen LogP contribution in [0.15, 0.2) is 57.4 Å². The molecule has 3 rings (SSSR count). The Morgan fingerprint density at radius 3 is 2.79 bits per heavy atom. The third-order valence-electron chi connectivity index (χ3n) is 3.78. The number of halogens is 1. The standard InChI is InChI=1S/C19H18BrNO3/c1-12(9-15-10-13-5-3-4-6-18(13)24-15)21-19(22)16-11-14(23-2)7-8-17(16)20/h3-8,10-12H,9H2,1-2H3,(H,21,22). The topological polar surface area (TPSA) is 51.5 Å². The van der Waals surface area contributed by atoms with E-state index in [0.29, 0.717) is 17.7 Å². The number of methoxy groups -OCH3 is 1. The van der Waals surface area contributed by atoms with Crippen LogP contribution in [0.1, 0.15) is 23.0 Å². The maximum atomic E-state index is 12.5. The quantitative estimate of drug-likeness (QED) is 0.697. The Kier molecular flexibility index (Phi) is 4.90. The number of carbonyl (C=O) groups is 1.